The molecule has 1 saturated heterocycles. The lowest BCUT2D eigenvalue weighted by Gasteiger charge is -2.29. The Balaban J connectivity index is 1.55. The second-order valence-corrected chi connectivity index (χ2v) is 7.67. The normalized spacial score (nSPS) is 19.8. The van der Waals surface area contributed by atoms with Crippen molar-refractivity contribution >= 4 is 34.8 Å². The molecule has 1 atom stereocenters. The fourth-order valence-electron chi connectivity index (χ4n) is 4.11. The van der Waals surface area contributed by atoms with Crippen molar-refractivity contribution in [3.63, 3.8) is 0 Å². The third-order valence-electron chi connectivity index (χ3n) is 5.75. The van der Waals surface area contributed by atoms with Crippen LogP contribution in [0.3, 0.4) is 0 Å². The number of carbonyl (C=O) groups is 4. The Kier molecular flexibility index (Phi) is 4.19. The highest BCUT2D eigenvalue weighted by Gasteiger charge is 2.53. The summed E-state index contributed by atoms with van der Waals surface area (Å²) in [4.78, 5) is 50.8. The van der Waals surface area contributed by atoms with E-state index in [9.17, 15) is 24.3 Å². The molecule has 0 aliphatic carbocycles. The number of carboxylic acids is 1. The lowest BCUT2D eigenvalue weighted by atomic mass is 9.95. The van der Waals surface area contributed by atoms with Crippen LogP contribution >= 0.6 is 0 Å². The standard InChI is InChI=1S/C22H17N3O7/c1-31-14-5-4-13-9-25(18(26)15(13)8-14)10-22(20(29)23-21(30)24-22)17-7-11-2-3-12(19(27)28)6-16(11)32-17/h2-8H,9-10H2,1H3,(H,27,28)(H2,23,24,29,30). The number of hydrogen-bond acceptors (Lipinski definition) is 6. The van der Waals surface area contributed by atoms with Gasteiger partial charge in [0, 0.05) is 17.5 Å². The molecule has 162 valence electrons. The number of imide groups is 1. The van der Waals surface area contributed by atoms with Crippen LogP contribution in [0.15, 0.2) is 46.9 Å². The van der Waals surface area contributed by atoms with Crippen LogP contribution in [0.5, 0.6) is 5.75 Å². The van der Waals surface area contributed by atoms with Crippen molar-refractivity contribution in [2.75, 3.05) is 13.7 Å². The molecule has 32 heavy (non-hydrogen) atoms. The van der Waals surface area contributed by atoms with E-state index in [0.29, 0.717) is 16.7 Å². The minimum absolute atomic E-state index is 0.0199. The SMILES string of the molecule is COc1ccc2c(c1)C(=O)N(CC1(c3cc4ccc(C(=O)O)cc4o3)NC(=O)NC1=O)C2. The summed E-state index contributed by atoms with van der Waals surface area (Å²) < 4.78 is 11.0. The Morgan fingerprint density at radius 2 is 2.00 bits per heavy atom. The number of methoxy groups -OCH3 is 1. The molecular weight excluding hydrogens is 418 g/mol. The maximum absolute atomic E-state index is 13.0. The van der Waals surface area contributed by atoms with Crippen LogP contribution in [-0.2, 0) is 16.9 Å². The zero-order chi connectivity index (χ0) is 22.6. The smallest absolute Gasteiger partial charge is 0.335 e. The second kappa shape index (κ2) is 6.84. The van der Waals surface area contributed by atoms with Crippen LogP contribution in [0.4, 0.5) is 4.79 Å². The molecule has 5 rings (SSSR count). The number of ether oxygens (including phenoxy) is 1. The molecule has 0 radical (unpaired) electrons. The highest BCUT2D eigenvalue weighted by Crippen LogP contribution is 2.35. The number of furan rings is 1. The van der Waals surface area contributed by atoms with Gasteiger partial charge in [-0.3, -0.25) is 14.9 Å². The number of urea groups is 1. The zero-order valence-electron chi connectivity index (χ0n) is 16.8. The van der Waals surface area contributed by atoms with Crippen molar-refractivity contribution < 1.29 is 33.4 Å². The van der Waals surface area contributed by atoms with E-state index in [1.165, 1.54) is 24.1 Å². The van der Waals surface area contributed by atoms with Gasteiger partial charge in [-0.1, -0.05) is 12.1 Å². The second-order valence-electron chi connectivity index (χ2n) is 7.67. The number of rotatable bonds is 5. The summed E-state index contributed by atoms with van der Waals surface area (Å²) >= 11 is 0. The van der Waals surface area contributed by atoms with Crippen LogP contribution in [0, 0.1) is 0 Å². The number of nitrogens with one attached hydrogen (secondary N) is 2. The fraction of sp³-hybridized carbons (Fsp3) is 0.182. The van der Waals surface area contributed by atoms with Crippen molar-refractivity contribution in [3.05, 3.63) is 64.9 Å². The predicted molar refractivity (Wildman–Crippen MR) is 109 cm³/mol. The van der Waals surface area contributed by atoms with Gasteiger partial charge in [0.25, 0.3) is 11.8 Å². The van der Waals surface area contributed by atoms with Gasteiger partial charge in [-0.2, -0.15) is 0 Å². The van der Waals surface area contributed by atoms with Gasteiger partial charge in [-0.05, 0) is 35.9 Å². The quantitative estimate of drug-likeness (QED) is 0.520. The van der Waals surface area contributed by atoms with Gasteiger partial charge in [0.05, 0.1) is 19.2 Å². The van der Waals surface area contributed by atoms with Crippen LogP contribution in [0.1, 0.15) is 32.0 Å². The molecule has 10 heteroatoms. The summed E-state index contributed by atoms with van der Waals surface area (Å²) in [6.07, 6.45) is 0. The number of nitrogens with zero attached hydrogens (tertiary/aromatic N) is 1. The molecule has 1 aromatic heterocycles. The summed E-state index contributed by atoms with van der Waals surface area (Å²) in [5.74, 6) is -1.47. The Labute approximate surface area is 180 Å². The molecule has 10 nitrogen and oxygen atoms in total. The van der Waals surface area contributed by atoms with Crippen molar-refractivity contribution in [1.82, 2.24) is 15.5 Å². The van der Waals surface area contributed by atoms with Gasteiger partial charge in [-0.15, -0.1) is 0 Å². The number of carboxylic acid groups (broad SMARTS) is 1. The number of fused-ring (bicyclic) bond motifs is 2. The van der Waals surface area contributed by atoms with Crippen molar-refractivity contribution in [2.24, 2.45) is 0 Å². The van der Waals surface area contributed by atoms with E-state index >= 15 is 0 Å². The minimum Gasteiger partial charge on any atom is -0.497 e. The molecule has 3 heterocycles. The number of hydrogen-bond donors (Lipinski definition) is 3. The van der Waals surface area contributed by atoms with Gasteiger partial charge in [0.15, 0.2) is 5.54 Å². The van der Waals surface area contributed by atoms with Crippen LogP contribution in [-0.4, -0.2) is 47.5 Å². The van der Waals surface area contributed by atoms with Gasteiger partial charge in [0.2, 0.25) is 0 Å². The maximum Gasteiger partial charge on any atom is 0.335 e. The molecule has 0 spiro atoms. The molecule has 0 saturated carbocycles. The molecule has 1 fully saturated rings. The van der Waals surface area contributed by atoms with Gasteiger partial charge >= 0.3 is 12.0 Å². The first-order valence-corrected chi connectivity index (χ1v) is 9.68. The molecule has 3 aromatic rings. The summed E-state index contributed by atoms with van der Waals surface area (Å²) in [5.41, 5.74) is -0.173. The lowest BCUT2D eigenvalue weighted by molar-refractivity contribution is -0.125. The first-order valence-electron chi connectivity index (χ1n) is 9.68. The van der Waals surface area contributed by atoms with Crippen molar-refractivity contribution in [3.8, 4) is 5.75 Å². The van der Waals surface area contributed by atoms with Crippen LogP contribution < -0.4 is 15.4 Å². The highest BCUT2D eigenvalue weighted by molar-refractivity contribution is 6.08. The van der Waals surface area contributed by atoms with Gasteiger partial charge < -0.3 is 24.5 Å². The number of amides is 4. The number of aromatic carboxylic acids is 1. The average molecular weight is 435 g/mol. The topological polar surface area (TPSA) is 138 Å². The van der Waals surface area contributed by atoms with Gasteiger partial charge in [0.1, 0.15) is 17.1 Å². The monoisotopic (exact) mass is 435 g/mol. The minimum atomic E-state index is -1.67. The lowest BCUT2D eigenvalue weighted by Crippen LogP contribution is -2.52. The summed E-state index contributed by atoms with van der Waals surface area (Å²) in [6, 6.07) is 10.3. The van der Waals surface area contributed by atoms with E-state index in [0.717, 1.165) is 5.56 Å². The van der Waals surface area contributed by atoms with E-state index in [2.05, 4.69) is 10.6 Å². The molecular formula is C22H17N3O7. The molecule has 2 aliphatic rings. The summed E-state index contributed by atoms with van der Waals surface area (Å²) in [6.45, 7) is 0.0679. The van der Waals surface area contributed by atoms with E-state index in [1.54, 1.807) is 30.3 Å². The van der Waals surface area contributed by atoms with Crippen LogP contribution in [0.2, 0.25) is 0 Å². The number of carbonyl (C=O) groups excluding carboxylic acids is 3. The summed E-state index contributed by atoms with van der Waals surface area (Å²) in [5, 5.41) is 14.6. The molecule has 1 unspecified atom stereocenters. The van der Waals surface area contributed by atoms with E-state index < -0.39 is 23.4 Å². The Morgan fingerprint density at radius 1 is 1.19 bits per heavy atom. The third-order valence-corrected chi connectivity index (χ3v) is 5.75. The first-order chi connectivity index (χ1) is 15.3. The molecule has 4 amide bonds. The number of benzene rings is 2. The zero-order valence-corrected chi connectivity index (χ0v) is 16.8. The largest absolute Gasteiger partial charge is 0.497 e. The van der Waals surface area contributed by atoms with E-state index in [1.807, 2.05) is 0 Å². The van der Waals surface area contributed by atoms with Crippen molar-refractivity contribution in [1.29, 1.82) is 0 Å². The Hall–Kier alpha value is -4.34. The molecule has 0 bridgehead atoms. The van der Waals surface area contributed by atoms with Crippen LogP contribution in [0.25, 0.3) is 11.0 Å². The Morgan fingerprint density at radius 3 is 2.69 bits per heavy atom. The Bertz CT molecular complexity index is 1330. The maximum atomic E-state index is 13.0. The average Bonchev–Trinajstić information content (AvgIpc) is 3.41. The third kappa shape index (κ3) is 2.88. The van der Waals surface area contributed by atoms with E-state index in [4.69, 9.17) is 9.15 Å². The van der Waals surface area contributed by atoms with E-state index in [-0.39, 0.29) is 35.9 Å². The molecule has 2 aromatic carbocycles. The van der Waals surface area contributed by atoms with Gasteiger partial charge in [-0.25, -0.2) is 9.59 Å². The predicted octanol–water partition coefficient (Wildman–Crippen LogP) is 1.83. The van der Waals surface area contributed by atoms with Crippen molar-refractivity contribution in [2.45, 2.75) is 12.1 Å². The molecule has 2 aliphatic heterocycles. The summed E-state index contributed by atoms with van der Waals surface area (Å²) in [7, 11) is 1.50. The highest BCUT2D eigenvalue weighted by atomic mass is 16.5. The fourth-order valence-corrected chi connectivity index (χ4v) is 4.11. The molecule has 3 N–H and O–H groups in total. The first kappa shape index (κ1) is 19.6.